The van der Waals surface area contributed by atoms with E-state index in [1.807, 2.05) is 20.8 Å². The highest BCUT2D eigenvalue weighted by Crippen LogP contribution is 2.30. The molecule has 0 saturated carbocycles. The second-order valence-electron chi connectivity index (χ2n) is 6.79. The van der Waals surface area contributed by atoms with Crippen molar-refractivity contribution < 1.29 is 14.6 Å². The highest BCUT2D eigenvalue weighted by atomic mass is 16.5. The Kier molecular flexibility index (Phi) is 7.16. The van der Waals surface area contributed by atoms with E-state index in [1.54, 1.807) is 6.08 Å². The van der Waals surface area contributed by atoms with Gasteiger partial charge in [-0.2, -0.15) is 0 Å². The van der Waals surface area contributed by atoms with E-state index >= 15 is 0 Å². The van der Waals surface area contributed by atoms with Crippen molar-refractivity contribution in [1.82, 2.24) is 0 Å². The molecule has 0 heterocycles. The predicted octanol–water partition coefficient (Wildman–Crippen LogP) is 4.16. The van der Waals surface area contributed by atoms with Gasteiger partial charge in [0.25, 0.3) is 0 Å². The molecule has 120 valence electrons. The number of hydrogen-bond donors (Lipinski definition) is 1. The molecule has 1 atom stereocenters. The fraction of sp³-hybridized carbons (Fsp3) is 0.722. The zero-order chi connectivity index (χ0) is 15.9. The summed E-state index contributed by atoms with van der Waals surface area (Å²) in [5.74, 6) is 0.392. The van der Waals surface area contributed by atoms with Crippen LogP contribution >= 0.6 is 0 Å². The molecule has 0 aromatic rings. The first kappa shape index (κ1) is 18.0. The largest absolute Gasteiger partial charge is 0.463 e. The molecular weight excluding hydrogens is 264 g/mol. The Hall–Kier alpha value is -1.09. The fourth-order valence-corrected chi connectivity index (χ4v) is 2.75. The van der Waals surface area contributed by atoms with E-state index < -0.39 is 5.60 Å². The standard InChI is InChI=1S/C18H30O3/c1-5-21-17(19)13-16-9-8-15(12-16)11-14(2)7-6-10-18(3,4)20/h12-14,20H,5-11H2,1-4H3/b16-13+. The lowest BCUT2D eigenvalue weighted by molar-refractivity contribution is -0.137. The first-order valence-corrected chi connectivity index (χ1v) is 8.09. The van der Waals surface area contributed by atoms with Gasteiger partial charge in [0.2, 0.25) is 0 Å². The molecule has 0 amide bonds. The molecule has 1 unspecified atom stereocenters. The molecule has 0 bridgehead atoms. The first-order chi connectivity index (χ1) is 9.80. The summed E-state index contributed by atoms with van der Waals surface area (Å²) < 4.78 is 4.94. The van der Waals surface area contributed by atoms with Crippen molar-refractivity contribution in [3.05, 3.63) is 23.3 Å². The summed E-state index contributed by atoms with van der Waals surface area (Å²) in [7, 11) is 0. The molecule has 0 saturated heterocycles. The molecule has 0 aromatic heterocycles. The molecule has 1 rings (SSSR count). The molecule has 0 spiro atoms. The summed E-state index contributed by atoms with van der Waals surface area (Å²) in [6.07, 6.45) is 9.92. The maximum atomic E-state index is 11.4. The Morgan fingerprint density at radius 3 is 2.81 bits per heavy atom. The molecule has 0 aromatic carbocycles. The van der Waals surface area contributed by atoms with Crippen molar-refractivity contribution in [3.8, 4) is 0 Å². The van der Waals surface area contributed by atoms with Gasteiger partial charge in [-0.3, -0.25) is 0 Å². The van der Waals surface area contributed by atoms with E-state index in [0.29, 0.717) is 12.5 Å². The van der Waals surface area contributed by atoms with Gasteiger partial charge in [-0.15, -0.1) is 0 Å². The molecule has 0 fully saturated rings. The van der Waals surface area contributed by atoms with Crippen molar-refractivity contribution >= 4 is 5.97 Å². The highest BCUT2D eigenvalue weighted by molar-refractivity contribution is 5.83. The van der Waals surface area contributed by atoms with E-state index in [1.165, 1.54) is 5.57 Å². The van der Waals surface area contributed by atoms with Crippen molar-refractivity contribution in [1.29, 1.82) is 0 Å². The Labute approximate surface area is 129 Å². The second-order valence-corrected chi connectivity index (χ2v) is 6.79. The molecule has 21 heavy (non-hydrogen) atoms. The lowest BCUT2D eigenvalue weighted by Crippen LogP contribution is -2.18. The number of carbonyl (C=O) groups is 1. The summed E-state index contributed by atoms with van der Waals surface area (Å²) in [4.78, 5) is 11.4. The molecule has 1 aliphatic carbocycles. The number of ether oxygens (including phenoxy) is 1. The number of carbonyl (C=O) groups excluding carboxylic acids is 1. The minimum absolute atomic E-state index is 0.233. The van der Waals surface area contributed by atoms with E-state index in [4.69, 9.17) is 4.74 Å². The monoisotopic (exact) mass is 294 g/mol. The second kappa shape index (κ2) is 8.38. The fourth-order valence-electron chi connectivity index (χ4n) is 2.75. The molecular formula is C18H30O3. The third-order valence-corrected chi connectivity index (χ3v) is 3.81. The summed E-state index contributed by atoms with van der Waals surface area (Å²) in [5.41, 5.74) is 1.97. The van der Waals surface area contributed by atoms with Crippen LogP contribution in [0.4, 0.5) is 0 Å². The van der Waals surface area contributed by atoms with Crippen LogP contribution < -0.4 is 0 Å². The van der Waals surface area contributed by atoms with Crippen molar-refractivity contribution in [3.63, 3.8) is 0 Å². The van der Waals surface area contributed by atoms with Gasteiger partial charge in [0.1, 0.15) is 0 Å². The quantitative estimate of drug-likeness (QED) is 0.540. The maximum Gasteiger partial charge on any atom is 0.331 e. The minimum Gasteiger partial charge on any atom is -0.463 e. The Bertz CT molecular complexity index is 399. The Balaban J connectivity index is 2.36. The van der Waals surface area contributed by atoms with Gasteiger partial charge in [-0.05, 0) is 57.9 Å². The summed E-state index contributed by atoms with van der Waals surface area (Å²) in [6.45, 7) is 8.24. The van der Waals surface area contributed by atoms with Gasteiger partial charge in [0.15, 0.2) is 0 Å². The molecule has 0 aliphatic heterocycles. The van der Waals surface area contributed by atoms with Crippen molar-refractivity contribution in [2.24, 2.45) is 5.92 Å². The van der Waals surface area contributed by atoms with Crippen LogP contribution in [0, 0.1) is 5.92 Å². The van der Waals surface area contributed by atoms with Gasteiger partial charge in [0, 0.05) is 6.08 Å². The zero-order valence-electron chi connectivity index (χ0n) is 13.9. The first-order valence-electron chi connectivity index (χ1n) is 8.09. The minimum atomic E-state index is -0.554. The number of rotatable bonds is 8. The molecule has 0 radical (unpaired) electrons. The van der Waals surface area contributed by atoms with E-state index in [9.17, 15) is 9.90 Å². The van der Waals surface area contributed by atoms with Gasteiger partial charge in [0.05, 0.1) is 12.2 Å². The van der Waals surface area contributed by atoms with Crippen LogP contribution in [0.1, 0.15) is 66.2 Å². The highest BCUT2D eigenvalue weighted by Gasteiger charge is 2.16. The van der Waals surface area contributed by atoms with Crippen molar-refractivity contribution in [2.45, 2.75) is 71.8 Å². The smallest absolute Gasteiger partial charge is 0.331 e. The van der Waals surface area contributed by atoms with Crippen molar-refractivity contribution in [2.75, 3.05) is 6.61 Å². The van der Waals surface area contributed by atoms with Crippen LogP contribution in [-0.4, -0.2) is 23.3 Å². The lowest BCUT2D eigenvalue weighted by atomic mass is 9.92. The summed E-state index contributed by atoms with van der Waals surface area (Å²) >= 11 is 0. The van der Waals surface area contributed by atoms with Crippen LogP contribution in [-0.2, 0) is 9.53 Å². The average Bonchev–Trinajstić information content (AvgIpc) is 2.74. The van der Waals surface area contributed by atoms with Crippen LogP contribution in [0.25, 0.3) is 0 Å². The van der Waals surface area contributed by atoms with E-state index in [0.717, 1.165) is 44.1 Å². The summed E-state index contributed by atoms with van der Waals surface area (Å²) in [5, 5.41) is 9.71. The van der Waals surface area contributed by atoms with Gasteiger partial charge in [-0.25, -0.2) is 4.79 Å². The molecule has 1 aliphatic rings. The van der Waals surface area contributed by atoms with Gasteiger partial charge < -0.3 is 9.84 Å². The van der Waals surface area contributed by atoms with Gasteiger partial charge >= 0.3 is 5.97 Å². The van der Waals surface area contributed by atoms with Crippen LogP contribution in [0.3, 0.4) is 0 Å². The number of hydrogen-bond acceptors (Lipinski definition) is 3. The Morgan fingerprint density at radius 1 is 1.48 bits per heavy atom. The van der Waals surface area contributed by atoms with E-state index in [-0.39, 0.29) is 5.97 Å². The predicted molar refractivity (Wildman–Crippen MR) is 86.0 cm³/mol. The number of allylic oxidation sites excluding steroid dienone is 3. The third kappa shape index (κ3) is 8.05. The molecule has 3 heteroatoms. The van der Waals surface area contributed by atoms with Crippen LogP contribution in [0.15, 0.2) is 23.3 Å². The van der Waals surface area contributed by atoms with Crippen LogP contribution in [0.2, 0.25) is 0 Å². The normalized spacial score (nSPS) is 18.7. The number of esters is 1. The third-order valence-electron chi connectivity index (χ3n) is 3.81. The lowest BCUT2D eigenvalue weighted by Gasteiger charge is -2.18. The molecule has 1 N–H and O–H groups in total. The average molecular weight is 294 g/mol. The maximum absolute atomic E-state index is 11.4. The van der Waals surface area contributed by atoms with E-state index in [2.05, 4.69) is 13.0 Å². The number of aliphatic hydroxyl groups is 1. The van der Waals surface area contributed by atoms with Gasteiger partial charge in [-0.1, -0.05) is 31.4 Å². The zero-order valence-corrected chi connectivity index (χ0v) is 13.9. The summed E-state index contributed by atoms with van der Waals surface area (Å²) in [6, 6.07) is 0. The Morgan fingerprint density at radius 2 is 2.19 bits per heavy atom. The topological polar surface area (TPSA) is 46.5 Å². The molecule has 3 nitrogen and oxygen atoms in total. The SMILES string of the molecule is CCOC(=O)/C=C1/C=C(CC(C)CCCC(C)(C)O)CC1. The van der Waals surface area contributed by atoms with Crippen LogP contribution in [0.5, 0.6) is 0 Å².